The molecule has 2 unspecified atom stereocenters. The number of hydrogen-bond acceptors (Lipinski definition) is 6. The SMILES string of the molecule is CCOC(=O)c1nc(C(=O)N2CC(C)OC(C)C2)cs1. The molecule has 1 amide bonds. The lowest BCUT2D eigenvalue weighted by Gasteiger charge is -2.34. The van der Waals surface area contributed by atoms with E-state index >= 15 is 0 Å². The summed E-state index contributed by atoms with van der Waals surface area (Å²) in [5.74, 6) is -0.654. The number of morpholine rings is 1. The van der Waals surface area contributed by atoms with Gasteiger partial charge in [-0.1, -0.05) is 0 Å². The third-order valence-corrected chi connectivity index (χ3v) is 3.70. The first-order valence-corrected chi connectivity index (χ1v) is 7.46. The maximum atomic E-state index is 12.3. The predicted molar refractivity (Wildman–Crippen MR) is 74.0 cm³/mol. The Morgan fingerprint density at radius 1 is 1.45 bits per heavy atom. The van der Waals surface area contributed by atoms with Crippen molar-refractivity contribution in [3.8, 4) is 0 Å². The molecule has 7 heteroatoms. The lowest BCUT2D eigenvalue weighted by atomic mass is 10.2. The second-order valence-corrected chi connectivity index (χ2v) is 5.58. The molecule has 0 N–H and O–H groups in total. The van der Waals surface area contributed by atoms with E-state index in [4.69, 9.17) is 9.47 Å². The van der Waals surface area contributed by atoms with Gasteiger partial charge in [0.1, 0.15) is 5.69 Å². The summed E-state index contributed by atoms with van der Waals surface area (Å²) in [7, 11) is 0. The van der Waals surface area contributed by atoms with Crippen molar-refractivity contribution in [3.63, 3.8) is 0 Å². The highest BCUT2D eigenvalue weighted by Crippen LogP contribution is 2.17. The smallest absolute Gasteiger partial charge is 0.367 e. The summed E-state index contributed by atoms with van der Waals surface area (Å²) in [5, 5.41) is 1.81. The highest BCUT2D eigenvalue weighted by molar-refractivity contribution is 7.11. The van der Waals surface area contributed by atoms with E-state index in [9.17, 15) is 9.59 Å². The van der Waals surface area contributed by atoms with Gasteiger partial charge in [-0.15, -0.1) is 11.3 Å². The van der Waals surface area contributed by atoms with E-state index in [2.05, 4.69) is 4.98 Å². The summed E-state index contributed by atoms with van der Waals surface area (Å²) in [6.07, 6.45) is 0.0109. The molecule has 6 nitrogen and oxygen atoms in total. The summed E-state index contributed by atoms with van der Waals surface area (Å²) < 4.78 is 10.5. The standard InChI is InChI=1S/C13H18N2O4S/c1-4-18-13(17)11-14-10(7-20-11)12(16)15-5-8(2)19-9(3)6-15/h7-9H,4-6H2,1-3H3. The van der Waals surface area contributed by atoms with Crippen LogP contribution in [0.1, 0.15) is 41.1 Å². The van der Waals surface area contributed by atoms with Gasteiger partial charge in [-0.05, 0) is 20.8 Å². The number of nitrogens with zero attached hydrogens (tertiary/aromatic N) is 2. The Kier molecular flexibility index (Phi) is 4.72. The molecular weight excluding hydrogens is 280 g/mol. The van der Waals surface area contributed by atoms with Crippen LogP contribution in [-0.4, -0.2) is 53.7 Å². The van der Waals surface area contributed by atoms with E-state index in [1.807, 2.05) is 13.8 Å². The van der Waals surface area contributed by atoms with Crippen LogP contribution >= 0.6 is 11.3 Å². The average Bonchev–Trinajstić information content (AvgIpc) is 2.86. The van der Waals surface area contributed by atoms with Gasteiger partial charge in [0.2, 0.25) is 5.01 Å². The number of hydrogen-bond donors (Lipinski definition) is 0. The quantitative estimate of drug-likeness (QED) is 0.792. The van der Waals surface area contributed by atoms with Gasteiger partial charge in [0.15, 0.2) is 0 Å². The van der Waals surface area contributed by atoms with E-state index in [1.165, 1.54) is 0 Å². The molecule has 0 spiro atoms. The monoisotopic (exact) mass is 298 g/mol. The van der Waals surface area contributed by atoms with E-state index < -0.39 is 5.97 Å². The van der Waals surface area contributed by atoms with Crippen LogP contribution in [0.3, 0.4) is 0 Å². The van der Waals surface area contributed by atoms with Crippen LogP contribution in [0.15, 0.2) is 5.38 Å². The van der Waals surface area contributed by atoms with E-state index in [-0.39, 0.29) is 23.1 Å². The minimum atomic E-state index is -0.486. The number of esters is 1. The number of carbonyl (C=O) groups is 2. The van der Waals surface area contributed by atoms with Crippen LogP contribution in [-0.2, 0) is 9.47 Å². The number of ether oxygens (including phenoxy) is 2. The zero-order valence-corrected chi connectivity index (χ0v) is 12.6. The Hall–Kier alpha value is -1.47. The van der Waals surface area contributed by atoms with Gasteiger partial charge in [0, 0.05) is 18.5 Å². The first-order chi connectivity index (χ1) is 9.51. The second-order valence-electron chi connectivity index (χ2n) is 4.73. The minimum absolute atomic E-state index is 0.00543. The summed E-state index contributed by atoms with van der Waals surface area (Å²) >= 11 is 1.13. The molecule has 1 aromatic heterocycles. The molecule has 2 heterocycles. The molecule has 110 valence electrons. The molecule has 0 aromatic carbocycles. The molecule has 2 atom stereocenters. The molecule has 0 radical (unpaired) electrons. The molecule has 1 aliphatic heterocycles. The molecule has 1 saturated heterocycles. The van der Waals surface area contributed by atoms with Crippen molar-refractivity contribution in [2.45, 2.75) is 33.0 Å². The van der Waals surface area contributed by atoms with Crippen molar-refractivity contribution in [2.24, 2.45) is 0 Å². The zero-order chi connectivity index (χ0) is 14.7. The third-order valence-electron chi connectivity index (χ3n) is 2.88. The number of aromatic nitrogens is 1. The van der Waals surface area contributed by atoms with Crippen LogP contribution in [0.5, 0.6) is 0 Å². The molecule has 0 bridgehead atoms. The predicted octanol–water partition coefficient (Wildman–Crippen LogP) is 1.57. The minimum Gasteiger partial charge on any atom is -0.461 e. The fraction of sp³-hybridized carbons (Fsp3) is 0.615. The molecular formula is C13H18N2O4S. The van der Waals surface area contributed by atoms with E-state index in [0.29, 0.717) is 25.4 Å². The zero-order valence-electron chi connectivity index (χ0n) is 11.8. The summed E-state index contributed by atoms with van der Waals surface area (Å²) in [5.41, 5.74) is 0.291. The first kappa shape index (κ1) is 14.9. The maximum Gasteiger partial charge on any atom is 0.367 e. The van der Waals surface area contributed by atoms with Crippen molar-refractivity contribution in [1.29, 1.82) is 0 Å². The van der Waals surface area contributed by atoms with Crippen LogP contribution in [0, 0.1) is 0 Å². The fourth-order valence-corrected chi connectivity index (χ4v) is 2.85. The Labute approximate surface area is 121 Å². The van der Waals surface area contributed by atoms with Crippen LogP contribution in [0.2, 0.25) is 0 Å². The Bertz CT molecular complexity index is 492. The lowest BCUT2D eigenvalue weighted by molar-refractivity contribution is -0.0587. The van der Waals surface area contributed by atoms with Crippen molar-refractivity contribution < 1.29 is 19.1 Å². The highest BCUT2D eigenvalue weighted by Gasteiger charge is 2.28. The second kappa shape index (κ2) is 6.32. The van der Waals surface area contributed by atoms with Gasteiger partial charge in [0.05, 0.1) is 18.8 Å². The van der Waals surface area contributed by atoms with Gasteiger partial charge in [0.25, 0.3) is 5.91 Å². The summed E-state index contributed by atoms with van der Waals surface area (Å²) in [6, 6.07) is 0. The van der Waals surface area contributed by atoms with Gasteiger partial charge in [-0.3, -0.25) is 4.79 Å². The molecule has 1 aliphatic rings. The molecule has 0 aliphatic carbocycles. The Morgan fingerprint density at radius 3 is 2.70 bits per heavy atom. The molecule has 0 saturated carbocycles. The number of carbonyl (C=O) groups excluding carboxylic acids is 2. The van der Waals surface area contributed by atoms with Crippen molar-refractivity contribution in [1.82, 2.24) is 9.88 Å². The van der Waals surface area contributed by atoms with Gasteiger partial charge in [-0.2, -0.15) is 0 Å². The van der Waals surface area contributed by atoms with Crippen LogP contribution in [0.4, 0.5) is 0 Å². The van der Waals surface area contributed by atoms with Crippen LogP contribution < -0.4 is 0 Å². The lowest BCUT2D eigenvalue weighted by Crippen LogP contribution is -2.48. The Balaban J connectivity index is 2.07. The number of amides is 1. The van der Waals surface area contributed by atoms with Gasteiger partial charge < -0.3 is 14.4 Å². The highest BCUT2D eigenvalue weighted by atomic mass is 32.1. The fourth-order valence-electron chi connectivity index (χ4n) is 2.16. The van der Waals surface area contributed by atoms with Crippen LogP contribution in [0.25, 0.3) is 0 Å². The normalized spacial score (nSPS) is 22.6. The first-order valence-electron chi connectivity index (χ1n) is 6.58. The number of rotatable bonds is 3. The van der Waals surface area contributed by atoms with E-state index in [1.54, 1.807) is 17.2 Å². The topological polar surface area (TPSA) is 68.7 Å². The van der Waals surface area contributed by atoms with Gasteiger partial charge >= 0.3 is 5.97 Å². The van der Waals surface area contributed by atoms with Crippen molar-refractivity contribution in [2.75, 3.05) is 19.7 Å². The van der Waals surface area contributed by atoms with Crippen molar-refractivity contribution >= 4 is 23.2 Å². The molecule has 20 heavy (non-hydrogen) atoms. The third kappa shape index (κ3) is 3.34. The summed E-state index contributed by atoms with van der Waals surface area (Å²) in [6.45, 7) is 6.96. The Morgan fingerprint density at radius 2 is 2.10 bits per heavy atom. The number of thiazole rings is 1. The largest absolute Gasteiger partial charge is 0.461 e. The maximum absolute atomic E-state index is 12.3. The summed E-state index contributed by atoms with van der Waals surface area (Å²) in [4.78, 5) is 29.7. The average molecular weight is 298 g/mol. The molecule has 2 rings (SSSR count). The van der Waals surface area contributed by atoms with Crippen molar-refractivity contribution in [3.05, 3.63) is 16.1 Å². The van der Waals surface area contributed by atoms with Gasteiger partial charge in [-0.25, -0.2) is 9.78 Å². The van der Waals surface area contributed by atoms with E-state index in [0.717, 1.165) is 11.3 Å². The molecule has 1 aromatic rings. The molecule has 1 fully saturated rings.